The molecule has 3 amide bonds. The van der Waals surface area contributed by atoms with Gasteiger partial charge in [0.2, 0.25) is 17.7 Å². The van der Waals surface area contributed by atoms with E-state index in [1.807, 2.05) is 0 Å². The molecule has 0 aromatic heterocycles. The van der Waals surface area contributed by atoms with Crippen molar-refractivity contribution in [2.24, 2.45) is 23.7 Å². The van der Waals surface area contributed by atoms with Crippen molar-refractivity contribution in [2.45, 2.75) is 70.4 Å². The lowest BCUT2D eigenvalue weighted by molar-refractivity contribution is -0.147. The zero-order chi connectivity index (χ0) is 16.1. The summed E-state index contributed by atoms with van der Waals surface area (Å²) < 4.78 is 0. The first-order valence-electron chi connectivity index (χ1n) is 9.25. The molecule has 5 heteroatoms. The van der Waals surface area contributed by atoms with Crippen LogP contribution in [0.15, 0.2) is 0 Å². The average Bonchev–Trinajstić information content (AvgIpc) is 3.45. The van der Waals surface area contributed by atoms with Crippen LogP contribution in [0.2, 0.25) is 0 Å². The van der Waals surface area contributed by atoms with Crippen molar-refractivity contribution < 1.29 is 14.4 Å². The smallest absolute Gasteiger partial charge is 0.243 e. The molecule has 4 aliphatic rings. The minimum atomic E-state index is -0.666. The third-order valence-corrected chi connectivity index (χ3v) is 6.21. The van der Waals surface area contributed by atoms with Gasteiger partial charge in [-0.15, -0.1) is 0 Å². The molecule has 0 unspecified atom stereocenters. The van der Waals surface area contributed by atoms with E-state index in [0.717, 1.165) is 25.7 Å². The summed E-state index contributed by atoms with van der Waals surface area (Å²) in [5.41, 5.74) is 0. The van der Waals surface area contributed by atoms with Gasteiger partial charge >= 0.3 is 0 Å². The number of carbonyl (C=O) groups excluding carboxylic acids is 3. The fourth-order valence-electron chi connectivity index (χ4n) is 4.50. The maximum Gasteiger partial charge on any atom is 0.243 e. The zero-order valence-electron chi connectivity index (χ0n) is 13.8. The second-order valence-corrected chi connectivity index (χ2v) is 7.93. The highest BCUT2D eigenvalue weighted by Gasteiger charge is 2.51. The minimum absolute atomic E-state index is 0.114. The summed E-state index contributed by atoms with van der Waals surface area (Å²) in [5, 5.41) is 3.15. The maximum atomic E-state index is 12.6. The van der Waals surface area contributed by atoms with Crippen LogP contribution in [-0.4, -0.2) is 34.7 Å². The van der Waals surface area contributed by atoms with Gasteiger partial charge in [0.15, 0.2) is 0 Å². The Morgan fingerprint density at radius 1 is 0.957 bits per heavy atom. The molecule has 1 N–H and O–H groups in total. The van der Waals surface area contributed by atoms with E-state index in [0.29, 0.717) is 11.8 Å². The van der Waals surface area contributed by atoms with Gasteiger partial charge in [-0.2, -0.15) is 0 Å². The molecule has 0 radical (unpaired) electrons. The zero-order valence-corrected chi connectivity index (χ0v) is 13.8. The molecule has 4 rings (SSSR count). The highest BCUT2D eigenvalue weighted by Crippen LogP contribution is 2.44. The van der Waals surface area contributed by atoms with Gasteiger partial charge in [0.1, 0.15) is 6.04 Å². The first kappa shape index (κ1) is 15.2. The van der Waals surface area contributed by atoms with E-state index < -0.39 is 6.04 Å². The third kappa shape index (κ3) is 2.68. The quantitative estimate of drug-likeness (QED) is 0.787. The van der Waals surface area contributed by atoms with Crippen molar-refractivity contribution in [2.75, 3.05) is 0 Å². The van der Waals surface area contributed by atoms with Crippen LogP contribution in [0, 0.1) is 23.7 Å². The lowest BCUT2D eigenvalue weighted by Crippen LogP contribution is -2.51. The summed E-state index contributed by atoms with van der Waals surface area (Å²) in [6.45, 7) is 1.71. The first-order chi connectivity index (χ1) is 11.1. The van der Waals surface area contributed by atoms with Gasteiger partial charge in [0.25, 0.3) is 0 Å². The highest BCUT2D eigenvalue weighted by atomic mass is 16.2. The van der Waals surface area contributed by atoms with Crippen molar-refractivity contribution in [3.8, 4) is 0 Å². The van der Waals surface area contributed by atoms with E-state index in [1.165, 1.54) is 30.6 Å². The van der Waals surface area contributed by atoms with Crippen LogP contribution in [0.1, 0.15) is 58.3 Å². The Morgan fingerprint density at radius 2 is 1.43 bits per heavy atom. The number of likely N-dealkylation sites (tertiary alicyclic amines) is 1. The summed E-state index contributed by atoms with van der Waals surface area (Å²) in [6, 6.07) is -0.402. The monoisotopic (exact) mass is 318 g/mol. The molecule has 1 saturated heterocycles. The molecule has 0 aromatic rings. The summed E-state index contributed by atoms with van der Waals surface area (Å²) >= 11 is 0. The molecule has 4 fully saturated rings. The number of rotatable bonds is 5. The molecule has 3 atom stereocenters. The first-order valence-corrected chi connectivity index (χ1v) is 9.25. The minimum Gasteiger partial charge on any atom is -0.351 e. The molecule has 5 nitrogen and oxygen atoms in total. The number of nitrogens with one attached hydrogen (secondary N) is 1. The van der Waals surface area contributed by atoms with Crippen LogP contribution >= 0.6 is 0 Å². The highest BCUT2D eigenvalue weighted by molar-refractivity contribution is 6.08. The summed E-state index contributed by atoms with van der Waals surface area (Å²) in [4.78, 5) is 39.1. The fourth-order valence-corrected chi connectivity index (χ4v) is 4.50. The Morgan fingerprint density at radius 3 is 1.87 bits per heavy atom. The van der Waals surface area contributed by atoms with E-state index in [1.54, 1.807) is 6.92 Å². The predicted octanol–water partition coefficient (Wildman–Crippen LogP) is 1.85. The van der Waals surface area contributed by atoms with Crippen molar-refractivity contribution in [3.63, 3.8) is 0 Å². The van der Waals surface area contributed by atoms with Crippen molar-refractivity contribution in [3.05, 3.63) is 0 Å². The van der Waals surface area contributed by atoms with Gasteiger partial charge in [-0.05, 0) is 57.3 Å². The van der Waals surface area contributed by atoms with E-state index in [9.17, 15) is 14.4 Å². The van der Waals surface area contributed by atoms with Crippen LogP contribution in [0.4, 0.5) is 0 Å². The summed E-state index contributed by atoms with van der Waals surface area (Å²) in [7, 11) is 0. The molecule has 126 valence electrons. The van der Waals surface area contributed by atoms with Crippen LogP contribution in [0.5, 0.6) is 0 Å². The summed E-state index contributed by atoms with van der Waals surface area (Å²) in [5.74, 6) is 0.517. The normalized spacial score (nSPS) is 32.2. The Labute approximate surface area is 137 Å². The summed E-state index contributed by atoms with van der Waals surface area (Å²) in [6.07, 6.45) is 8.41. The number of hydrogen-bond donors (Lipinski definition) is 1. The number of hydrogen-bond acceptors (Lipinski definition) is 3. The van der Waals surface area contributed by atoms with Crippen LogP contribution < -0.4 is 5.32 Å². The van der Waals surface area contributed by atoms with Crippen LogP contribution in [-0.2, 0) is 14.4 Å². The topological polar surface area (TPSA) is 66.5 Å². The van der Waals surface area contributed by atoms with E-state index >= 15 is 0 Å². The fraction of sp³-hybridized carbons (Fsp3) is 0.833. The lowest BCUT2D eigenvalue weighted by Gasteiger charge is -2.25. The molecule has 0 aromatic carbocycles. The molecule has 0 spiro atoms. The second-order valence-electron chi connectivity index (χ2n) is 7.93. The number of imide groups is 1. The Bertz CT molecular complexity index is 502. The average molecular weight is 318 g/mol. The van der Waals surface area contributed by atoms with Gasteiger partial charge in [-0.1, -0.05) is 12.8 Å². The molecule has 1 heterocycles. The van der Waals surface area contributed by atoms with Gasteiger partial charge in [-0.25, -0.2) is 0 Å². The predicted molar refractivity (Wildman–Crippen MR) is 84.1 cm³/mol. The molecular weight excluding hydrogens is 292 g/mol. The molecule has 0 bridgehead atoms. The molecular formula is C18H26N2O3. The third-order valence-electron chi connectivity index (χ3n) is 6.21. The Balaban J connectivity index is 1.45. The molecule has 3 saturated carbocycles. The SMILES string of the molecule is C[C@@H](C(=O)NC(C1CC1)C1CC1)N1C(=O)[C@H]2CCCC[C@H]2C1=O. The van der Waals surface area contributed by atoms with E-state index in [2.05, 4.69) is 5.32 Å². The van der Waals surface area contributed by atoms with Gasteiger partial charge in [-0.3, -0.25) is 19.3 Å². The Hall–Kier alpha value is -1.39. The number of amides is 3. The molecule has 23 heavy (non-hydrogen) atoms. The van der Waals surface area contributed by atoms with Gasteiger partial charge < -0.3 is 5.32 Å². The maximum absolute atomic E-state index is 12.6. The lowest BCUT2D eigenvalue weighted by atomic mass is 9.81. The standard InChI is InChI=1S/C18H26N2O3/c1-10(16(21)19-15(11-6-7-11)12-8-9-12)20-17(22)13-4-2-3-5-14(13)18(20)23/h10-15H,2-9H2,1H3,(H,19,21)/t10-,13-,14+/m0/s1. The number of fused-ring (bicyclic) bond motifs is 1. The Kier molecular flexibility index (Phi) is 3.69. The number of nitrogens with zero attached hydrogens (tertiary/aromatic N) is 1. The van der Waals surface area contributed by atoms with E-state index in [-0.39, 0.29) is 35.6 Å². The van der Waals surface area contributed by atoms with Crippen molar-refractivity contribution in [1.29, 1.82) is 0 Å². The largest absolute Gasteiger partial charge is 0.351 e. The van der Waals surface area contributed by atoms with Crippen molar-refractivity contribution >= 4 is 17.7 Å². The van der Waals surface area contributed by atoms with Crippen molar-refractivity contribution in [1.82, 2.24) is 10.2 Å². The molecule has 1 aliphatic heterocycles. The van der Waals surface area contributed by atoms with Crippen LogP contribution in [0.3, 0.4) is 0 Å². The van der Waals surface area contributed by atoms with Crippen LogP contribution in [0.25, 0.3) is 0 Å². The van der Waals surface area contributed by atoms with Gasteiger partial charge in [0.05, 0.1) is 11.8 Å². The van der Waals surface area contributed by atoms with Gasteiger partial charge in [0, 0.05) is 6.04 Å². The second kappa shape index (κ2) is 5.60. The van der Waals surface area contributed by atoms with E-state index in [4.69, 9.17) is 0 Å². The molecule has 3 aliphatic carbocycles. The number of carbonyl (C=O) groups is 3.